The monoisotopic (exact) mass is 590 g/mol. The Hall–Kier alpha value is -1.77. The van der Waals surface area contributed by atoms with Crippen molar-refractivity contribution in [2.75, 3.05) is 0 Å². The number of allylic oxidation sites excluding steroid dienone is 1. The van der Waals surface area contributed by atoms with Crippen molar-refractivity contribution in [3.05, 3.63) is 114 Å². The number of hydrogen-bond donors (Lipinski definition) is 0. The van der Waals surface area contributed by atoms with E-state index in [1.54, 1.807) is 16.3 Å². The van der Waals surface area contributed by atoms with Gasteiger partial charge in [-0.25, -0.2) is 0 Å². The molecule has 175 valence electrons. The third kappa shape index (κ3) is 4.25. The van der Waals surface area contributed by atoms with E-state index in [0.29, 0.717) is 0 Å². The van der Waals surface area contributed by atoms with Gasteiger partial charge in [0.05, 0.1) is 8.07 Å². The fourth-order valence-corrected chi connectivity index (χ4v) is 10.6. The third-order valence-corrected chi connectivity index (χ3v) is 11.6. The number of fused-ring (bicyclic) bond motifs is 3. The number of aromatic nitrogens is 1. The molecule has 1 nitrogen and oxygen atoms in total. The van der Waals surface area contributed by atoms with E-state index in [9.17, 15) is 0 Å². The van der Waals surface area contributed by atoms with E-state index in [4.69, 9.17) is 0 Å². The zero-order valence-corrected chi connectivity index (χ0v) is 25.4. The average molecular weight is 593 g/mol. The second-order valence-corrected chi connectivity index (χ2v) is 14.4. The van der Waals surface area contributed by atoms with Crippen LogP contribution < -0.4 is 24.8 Å². The van der Waals surface area contributed by atoms with E-state index >= 15 is 0 Å². The van der Waals surface area contributed by atoms with Gasteiger partial charge in [0.25, 0.3) is 0 Å². The van der Waals surface area contributed by atoms with Gasteiger partial charge in [-0.3, -0.25) is 0 Å². The SMILES string of the molecule is CC1=C2c3c(ccn3-c3ccccc3)C1[Si]2(C)C.Cc1cc2c(ccc3ccccc32)[cH-]1.[Cl-].[Cl-].[Zr+3]. The summed E-state index contributed by atoms with van der Waals surface area (Å²) in [7, 11) is -1.17. The summed E-state index contributed by atoms with van der Waals surface area (Å²) in [6.07, 6.45) is 2.24. The number of rotatable bonds is 1. The van der Waals surface area contributed by atoms with Crippen LogP contribution in [0.25, 0.3) is 32.4 Å². The molecule has 1 atom stereocenters. The number of hydrogen-bond acceptors (Lipinski definition) is 0. The van der Waals surface area contributed by atoms with Crippen LogP contribution in [0.15, 0.2) is 96.7 Å². The van der Waals surface area contributed by atoms with Crippen LogP contribution in [0, 0.1) is 6.92 Å². The molecular weight excluding hydrogens is 565 g/mol. The van der Waals surface area contributed by atoms with Crippen molar-refractivity contribution in [1.82, 2.24) is 4.57 Å². The van der Waals surface area contributed by atoms with E-state index in [0.717, 1.165) is 5.54 Å². The number of aryl methyl sites for hydroxylation is 1. The minimum atomic E-state index is -1.17. The Morgan fingerprint density at radius 1 is 0.800 bits per heavy atom. The molecule has 1 unspecified atom stereocenters. The molecule has 1 radical (unpaired) electrons. The third-order valence-electron chi connectivity index (χ3n) is 7.45. The Morgan fingerprint density at radius 3 is 2.20 bits per heavy atom. The molecule has 5 heteroatoms. The fraction of sp³-hybridized carbons (Fsp3) is 0.167. The Labute approximate surface area is 240 Å². The van der Waals surface area contributed by atoms with Crippen LogP contribution >= 0.6 is 0 Å². The van der Waals surface area contributed by atoms with Gasteiger partial charge in [0.15, 0.2) is 0 Å². The molecule has 3 heterocycles. The average Bonchev–Trinajstić information content (AvgIpc) is 3.50. The largest absolute Gasteiger partial charge is 3.00 e. The molecule has 2 bridgehead atoms. The van der Waals surface area contributed by atoms with Crippen LogP contribution in [0.4, 0.5) is 0 Å². The predicted octanol–water partition coefficient (Wildman–Crippen LogP) is 2.17. The van der Waals surface area contributed by atoms with Crippen LogP contribution in [0.2, 0.25) is 13.1 Å². The minimum Gasteiger partial charge on any atom is -1.00 e. The van der Waals surface area contributed by atoms with Gasteiger partial charge in [0, 0.05) is 23.1 Å². The Bertz CT molecular complexity index is 1530. The van der Waals surface area contributed by atoms with Gasteiger partial charge in [-0.15, -0.1) is 28.5 Å². The van der Waals surface area contributed by atoms with Crippen LogP contribution in [0.3, 0.4) is 0 Å². The molecule has 0 spiro atoms. The standard InChI is InChI=1S/C16H17NSi.C14H11.2ClH.Zr/c1-11-15-13-9-10-17(12-7-5-4-6-8-12)14(13)16(11)18(15,2)3;1-10-8-12-7-6-11-4-2-3-5-13(11)14(12)9-10;;;/h4-10,15H,1-3H3;2-9H,1H3;2*1H;/q;-1;;;+3/p-2. The number of nitrogens with zero attached hydrogens (tertiary/aromatic N) is 1. The van der Waals surface area contributed by atoms with E-state index in [-0.39, 0.29) is 51.0 Å². The van der Waals surface area contributed by atoms with Crippen LogP contribution in [-0.2, 0) is 26.2 Å². The van der Waals surface area contributed by atoms with E-state index in [1.807, 2.05) is 0 Å². The summed E-state index contributed by atoms with van der Waals surface area (Å²) in [4.78, 5) is 0. The summed E-state index contributed by atoms with van der Waals surface area (Å²) in [5.74, 6) is 0. The summed E-state index contributed by atoms with van der Waals surface area (Å²) in [6.45, 7) is 9.49. The molecular formula is C30H28Cl2NSiZr. The van der Waals surface area contributed by atoms with Crippen molar-refractivity contribution in [1.29, 1.82) is 0 Å². The van der Waals surface area contributed by atoms with Crippen molar-refractivity contribution in [3.8, 4) is 5.69 Å². The molecule has 0 saturated heterocycles. The zero-order chi connectivity index (χ0) is 22.0. The smallest absolute Gasteiger partial charge is 1.00 e. The molecule has 1 aromatic heterocycles. The fourth-order valence-electron chi connectivity index (χ4n) is 6.24. The molecule has 5 aromatic rings. The molecule has 2 aliphatic heterocycles. The normalized spacial score (nSPS) is 16.3. The van der Waals surface area contributed by atoms with Crippen LogP contribution in [0.1, 0.15) is 29.3 Å². The minimum absolute atomic E-state index is 0. The molecule has 0 amide bonds. The van der Waals surface area contributed by atoms with Crippen molar-refractivity contribution >= 4 is 34.8 Å². The molecule has 8 rings (SSSR count). The van der Waals surface area contributed by atoms with E-state index < -0.39 is 8.07 Å². The molecule has 1 aliphatic carbocycles. The van der Waals surface area contributed by atoms with Crippen molar-refractivity contribution < 1.29 is 51.0 Å². The first-order chi connectivity index (χ1) is 15.5. The predicted molar refractivity (Wildman–Crippen MR) is 140 cm³/mol. The second-order valence-electron chi connectivity index (χ2n) is 9.86. The molecule has 0 N–H and O–H groups in total. The molecule has 4 aromatic carbocycles. The first-order valence-corrected chi connectivity index (χ1v) is 14.6. The second kappa shape index (κ2) is 10.3. The van der Waals surface area contributed by atoms with Gasteiger partial charge in [-0.05, 0) is 41.3 Å². The van der Waals surface area contributed by atoms with E-state index in [2.05, 4.69) is 123 Å². The van der Waals surface area contributed by atoms with Gasteiger partial charge in [-0.2, -0.15) is 6.07 Å². The van der Waals surface area contributed by atoms with E-state index in [1.165, 1.54) is 38.5 Å². The van der Waals surface area contributed by atoms with Crippen molar-refractivity contribution in [3.63, 3.8) is 0 Å². The summed E-state index contributed by atoms with van der Waals surface area (Å²) < 4.78 is 2.38. The van der Waals surface area contributed by atoms with Gasteiger partial charge in [-0.1, -0.05) is 79.5 Å². The summed E-state index contributed by atoms with van der Waals surface area (Å²) in [6, 6.07) is 30.5. The Kier molecular flexibility index (Phi) is 8.19. The summed E-state index contributed by atoms with van der Waals surface area (Å²) >= 11 is 0. The number of para-hydroxylation sites is 1. The van der Waals surface area contributed by atoms with Crippen LogP contribution in [-0.4, -0.2) is 12.6 Å². The number of halogens is 2. The number of benzene rings is 3. The quantitative estimate of drug-likeness (QED) is 0.208. The maximum Gasteiger partial charge on any atom is 3.00 e. The maximum absolute atomic E-state index is 2.51. The Morgan fingerprint density at radius 2 is 1.49 bits per heavy atom. The van der Waals surface area contributed by atoms with Gasteiger partial charge in [0.2, 0.25) is 0 Å². The van der Waals surface area contributed by atoms with Gasteiger partial charge >= 0.3 is 26.2 Å². The van der Waals surface area contributed by atoms with Gasteiger partial charge in [0.1, 0.15) is 0 Å². The zero-order valence-electron chi connectivity index (χ0n) is 20.4. The molecule has 0 fully saturated rings. The van der Waals surface area contributed by atoms with Gasteiger partial charge < -0.3 is 29.4 Å². The first kappa shape index (κ1) is 27.8. The summed E-state index contributed by atoms with van der Waals surface area (Å²) in [5.41, 5.74) is 8.16. The molecule has 0 saturated carbocycles. The maximum atomic E-state index is 2.51. The van der Waals surface area contributed by atoms with Crippen LogP contribution in [0.5, 0.6) is 0 Å². The summed E-state index contributed by atoms with van der Waals surface area (Å²) in [5, 5.41) is 7.11. The topological polar surface area (TPSA) is 4.93 Å². The molecule has 35 heavy (non-hydrogen) atoms. The first-order valence-electron chi connectivity index (χ1n) is 11.5. The van der Waals surface area contributed by atoms with Crippen molar-refractivity contribution in [2.45, 2.75) is 32.5 Å². The Balaban J connectivity index is 0.000000185. The van der Waals surface area contributed by atoms with Crippen molar-refractivity contribution in [2.24, 2.45) is 0 Å². The molecule has 3 aliphatic rings.